The smallest absolute Gasteiger partial charge is 0.253 e. The number of nitrogens with one attached hydrogen (secondary N) is 1. The van der Waals surface area contributed by atoms with Crippen LogP contribution in [0.1, 0.15) is 28.8 Å². The van der Waals surface area contributed by atoms with Gasteiger partial charge < -0.3 is 15.0 Å². The van der Waals surface area contributed by atoms with Crippen LogP contribution in [-0.2, 0) is 11.2 Å². The van der Waals surface area contributed by atoms with Crippen molar-refractivity contribution in [3.8, 4) is 16.9 Å². The molecule has 0 spiro atoms. The fraction of sp³-hybridized carbons (Fsp3) is 0.286. The van der Waals surface area contributed by atoms with Crippen LogP contribution in [0.2, 0.25) is 0 Å². The molecule has 0 aliphatic carbocycles. The number of carbonyl (C=O) groups is 2. The number of carbonyl (C=O) groups excluding carboxylic acids is 2. The van der Waals surface area contributed by atoms with Crippen LogP contribution in [0.3, 0.4) is 0 Å². The molecule has 5 heteroatoms. The van der Waals surface area contributed by atoms with E-state index < -0.39 is 5.41 Å². The number of rotatable bonds is 6. The highest BCUT2D eigenvalue weighted by Crippen LogP contribution is 2.38. The third-order valence-electron chi connectivity index (χ3n) is 6.66. The Bertz CT molecular complexity index is 1120. The molecule has 1 aliphatic rings. The Morgan fingerprint density at radius 2 is 1.64 bits per heavy atom. The second kappa shape index (κ2) is 9.90. The maximum absolute atomic E-state index is 13.1. The maximum Gasteiger partial charge on any atom is 0.253 e. The van der Waals surface area contributed by atoms with Crippen molar-refractivity contribution in [3.63, 3.8) is 0 Å². The lowest BCUT2D eigenvalue weighted by Crippen LogP contribution is -2.50. The van der Waals surface area contributed by atoms with Crippen molar-refractivity contribution in [2.24, 2.45) is 5.41 Å². The standard InChI is InChI=1S/C28H30N2O3/c1-29-27(32)28(20-23-11-6-7-14-25(23)21-9-4-3-5-10-21)15-17-30(18-16-28)26(31)22-12-8-13-24(19-22)33-2/h3-14,19H,15-18,20H2,1-2H3,(H,29,32). The van der Waals surface area contributed by atoms with Gasteiger partial charge in [0.15, 0.2) is 0 Å². The van der Waals surface area contributed by atoms with Crippen LogP contribution in [0.25, 0.3) is 11.1 Å². The van der Waals surface area contributed by atoms with Gasteiger partial charge in [0.25, 0.3) is 5.91 Å². The molecule has 0 unspecified atom stereocenters. The molecule has 33 heavy (non-hydrogen) atoms. The summed E-state index contributed by atoms with van der Waals surface area (Å²) in [6.07, 6.45) is 1.87. The van der Waals surface area contributed by atoms with Crippen LogP contribution < -0.4 is 10.1 Å². The second-order valence-corrected chi connectivity index (χ2v) is 8.58. The van der Waals surface area contributed by atoms with Gasteiger partial charge >= 0.3 is 0 Å². The van der Waals surface area contributed by atoms with Crippen molar-refractivity contribution >= 4 is 11.8 Å². The molecule has 0 saturated carbocycles. The van der Waals surface area contributed by atoms with Crippen molar-refractivity contribution in [1.29, 1.82) is 0 Å². The maximum atomic E-state index is 13.1. The number of benzene rings is 3. The molecule has 170 valence electrons. The largest absolute Gasteiger partial charge is 0.497 e. The van der Waals surface area contributed by atoms with Crippen molar-refractivity contribution in [3.05, 3.63) is 90.0 Å². The van der Waals surface area contributed by atoms with Gasteiger partial charge in [0, 0.05) is 25.7 Å². The summed E-state index contributed by atoms with van der Waals surface area (Å²) in [6, 6.07) is 25.8. The van der Waals surface area contributed by atoms with E-state index in [9.17, 15) is 9.59 Å². The Morgan fingerprint density at radius 1 is 0.939 bits per heavy atom. The number of likely N-dealkylation sites (tertiary alicyclic amines) is 1. The molecule has 3 aromatic rings. The van der Waals surface area contributed by atoms with E-state index in [0.717, 1.165) is 16.7 Å². The van der Waals surface area contributed by atoms with E-state index >= 15 is 0 Å². The summed E-state index contributed by atoms with van der Waals surface area (Å²) >= 11 is 0. The Labute approximate surface area is 195 Å². The molecule has 1 saturated heterocycles. The third-order valence-corrected chi connectivity index (χ3v) is 6.66. The number of nitrogens with zero attached hydrogens (tertiary/aromatic N) is 1. The molecule has 3 aromatic carbocycles. The van der Waals surface area contributed by atoms with Crippen LogP contribution in [0.5, 0.6) is 5.75 Å². The fourth-order valence-corrected chi connectivity index (χ4v) is 4.76. The molecule has 1 fully saturated rings. The van der Waals surface area contributed by atoms with Gasteiger partial charge in [-0.15, -0.1) is 0 Å². The zero-order valence-corrected chi connectivity index (χ0v) is 19.2. The predicted molar refractivity (Wildman–Crippen MR) is 130 cm³/mol. The first-order valence-electron chi connectivity index (χ1n) is 11.4. The van der Waals surface area contributed by atoms with Gasteiger partial charge in [-0.2, -0.15) is 0 Å². The zero-order chi connectivity index (χ0) is 23.3. The van der Waals surface area contributed by atoms with Gasteiger partial charge in [-0.25, -0.2) is 0 Å². The Kier molecular flexibility index (Phi) is 6.78. The monoisotopic (exact) mass is 442 g/mol. The number of ether oxygens (including phenoxy) is 1. The van der Waals surface area contributed by atoms with E-state index in [2.05, 4.69) is 29.6 Å². The second-order valence-electron chi connectivity index (χ2n) is 8.58. The van der Waals surface area contributed by atoms with Crippen LogP contribution in [-0.4, -0.2) is 44.0 Å². The Hall–Kier alpha value is -3.60. The topological polar surface area (TPSA) is 58.6 Å². The molecule has 1 heterocycles. The fourth-order valence-electron chi connectivity index (χ4n) is 4.76. The van der Waals surface area contributed by atoms with E-state index in [4.69, 9.17) is 4.74 Å². The van der Waals surface area contributed by atoms with E-state index in [1.807, 2.05) is 53.4 Å². The molecule has 0 radical (unpaired) electrons. The summed E-state index contributed by atoms with van der Waals surface area (Å²) in [4.78, 5) is 28.1. The molecule has 2 amide bonds. The normalized spacial score (nSPS) is 15.0. The van der Waals surface area contributed by atoms with Crippen LogP contribution >= 0.6 is 0 Å². The van der Waals surface area contributed by atoms with E-state index in [1.165, 1.54) is 0 Å². The average molecular weight is 443 g/mol. The lowest BCUT2D eigenvalue weighted by atomic mass is 9.72. The average Bonchev–Trinajstić information content (AvgIpc) is 2.89. The van der Waals surface area contributed by atoms with Gasteiger partial charge in [0.2, 0.25) is 5.91 Å². The summed E-state index contributed by atoms with van der Waals surface area (Å²) in [5, 5.41) is 2.89. The predicted octanol–water partition coefficient (Wildman–Crippen LogP) is 4.57. The van der Waals surface area contributed by atoms with Gasteiger partial charge in [0.1, 0.15) is 5.75 Å². The van der Waals surface area contributed by atoms with Crippen molar-refractivity contribution in [1.82, 2.24) is 10.2 Å². The number of amides is 2. The summed E-state index contributed by atoms with van der Waals surface area (Å²) in [5.74, 6) is 0.679. The molecule has 1 N–H and O–H groups in total. The number of piperidine rings is 1. The van der Waals surface area contributed by atoms with E-state index in [-0.39, 0.29) is 11.8 Å². The number of hydrogen-bond acceptors (Lipinski definition) is 3. The minimum Gasteiger partial charge on any atom is -0.497 e. The summed E-state index contributed by atoms with van der Waals surface area (Å²) in [6.45, 7) is 1.08. The number of hydrogen-bond donors (Lipinski definition) is 1. The minimum absolute atomic E-state index is 0.0240. The lowest BCUT2D eigenvalue weighted by Gasteiger charge is -2.41. The molecule has 5 nitrogen and oxygen atoms in total. The highest BCUT2D eigenvalue weighted by molar-refractivity contribution is 5.95. The molecule has 1 aliphatic heterocycles. The third kappa shape index (κ3) is 4.77. The summed E-state index contributed by atoms with van der Waals surface area (Å²) in [5.41, 5.74) is 3.50. The van der Waals surface area contributed by atoms with Crippen LogP contribution in [0, 0.1) is 5.41 Å². The van der Waals surface area contributed by atoms with Crippen molar-refractivity contribution < 1.29 is 14.3 Å². The highest BCUT2D eigenvalue weighted by atomic mass is 16.5. The number of methoxy groups -OCH3 is 1. The zero-order valence-electron chi connectivity index (χ0n) is 19.2. The van der Waals surface area contributed by atoms with Crippen molar-refractivity contribution in [2.45, 2.75) is 19.3 Å². The molecule has 0 aromatic heterocycles. The Morgan fingerprint density at radius 3 is 2.33 bits per heavy atom. The molecular formula is C28H30N2O3. The molecule has 0 atom stereocenters. The van der Waals surface area contributed by atoms with Gasteiger partial charge in [-0.05, 0) is 54.2 Å². The van der Waals surface area contributed by atoms with Crippen LogP contribution in [0.4, 0.5) is 0 Å². The molecule has 0 bridgehead atoms. The minimum atomic E-state index is -0.551. The lowest BCUT2D eigenvalue weighted by molar-refractivity contribution is -0.133. The van der Waals surface area contributed by atoms with E-state index in [1.54, 1.807) is 20.2 Å². The van der Waals surface area contributed by atoms with Crippen LogP contribution in [0.15, 0.2) is 78.9 Å². The molecule has 4 rings (SSSR count). The first kappa shape index (κ1) is 22.6. The van der Waals surface area contributed by atoms with Crippen molar-refractivity contribution in [2.75, 3.05) is 27.2 Å². The first-order valence-corrected chi connectivity index (χ1v) is 11.4. The SMILES string of the molecule is CNC(=O)C1(Cc2ccccc2-c2ccccc2)CCN(C(=O)c2cccc(OC)c2)CC1. The summed E-state index contributed by atoms with van der Waals surface area (Å²) < 4.78 is 5.26. The Balaban J connectivity index is 1.56. The van der Waals surface area contributed by atoms with Gasteiger partial charge in [-0.3, -0.25) is 9.59 Å². The quantitative estimate of drug-likeness (QED) is 0.608. The van der Waals surface area contributed by atoms with E-state index in [0.29, 0.717) is 43.7 Å². The van der Waals surface area contributed by atoms with Gasteiger partial charge in [-0.1, -0.05) is 60.7 Å². The summed E-state index contributed by atoms with van der Waals surface area (Å²) in [7, 11) is 3.29. The molecular weight excluding hydrogens is 412 g/mol. The highest BCUT2D eigenvalue weighted by Gasteiger charge is 2.42. The first-order chi connectivity index (χ1) is 16.1. The van der Waals surface area contributed by atoms with Gasteiger partial charge in [0.05, 0.1) is 12.5 Å².